The molecule has 4 heterocycles. The van der Waals surface area contributed by atoms with E-state index >= 15 is 0 Å². The van der Waals surface area contributed by atoms with E-state index < -0.39 is 0 Å². The molecule has 4 aliphatic heterocycles. The van der Waals surface area contributed by atoms with Crippen LogP contribution in [-0.4, -0.2) is 63.9 Å². The van der Waals surface area contributed by atoms with Gasteiger partial charge >= 0.3 is 0 Å². The fraction of sp³-hybridized carbons (Fsp3) is 0.677. The highest BCUT2D eigenvalue weighted by molar-refractivity contribution is 8.03. The van der Waals surface area contributed by atoms with Crippen LogP contribution in [0.4, 0.5) is 0 Å². The Bertz CT molecular complexity index is 1100. The van der Waals surface area contributed by atoms with Crippen LogP contribution in [0, 0.1) is 11.8 Å². The van der Waals surface area contributed by atoms with Gasteiger partial charge in [-0.1, -0.05) is 48.9 Å². The monoisotopic (exact) mass is 666 g/mol. The molecule has 0 aromatic carbocycles. The van der Waals surface area contributed by atoms with Crippen molar-refractivity contribution in [2.75, 3.05) is 11.5 Å². The van der Waals surface area contributed by atoms with Crippen LogP contribution in [0.3, 0.4) is 0 Å². The molecule has 0 radical (unpaired) electrons. The van der Waals surface area contributed by atoms with Gasteiger partial charge in [0.1, 0.15) is 21.5 Å². The summed E-state index contributed by atoms with van der Waals surface area (Å²) in [5, 5.41) is 0. The van der Waals surface area contributed by atoms with Gasteiger partial charge in [0.25, 0.3) is 0 Å². The van der Waals surface area contributed by atoms with Crippen molar-refractivity contribution in [1.29, 1.82) is 0 Å². The van der Waals surface area contributed by atoms with Crippen LogP contribution in [0.15, 0.2) is 22.0 Å². The molecule has 0 aliphatic carbocycles. The van der Waals surface area contributed by atoms with E-state index in [1.807, 2.05) is 23.5 Å². The second kappa shape index (κ2) is 14.1. The Morgan fingerprint density at radius 3 is 1.46 bits per heavy atom. The molecular formula is C31H42N2O2S6. The number of fused-ring (bicyclic) bond motifs is 2. The van der Waals surface area contributed by atoms with E-state index in [9.17, 15) is 9.59 Å². The minimum absolute atomic E-state index is 0.218. The predicted molar refractivity (Wildman–Crippen MR) is 191 cm³/mol. The van der Waals surface area contributed by atoms with Gasteiger partial charge in [0.15, 0.2) is 0 Å². The van der Waals surface area contributed by atoms with Crippen molar-refractivity contribution in [2.45, 2.75) is 109 Å². The number of carbonyl (C=O) groups is 2. The first-order valence-electron chi connectivity index (χ1n) is 14.8. The summed E-state index contributed by atoms with van der Waals surface area (Å²) in [7, 11) is 0. The molecule has 4 aliphatic rings. The third kappa shape index (κ3) is 7.96. The van der Waals surface area contributed by atoms with Crippen LogP contribution in [0.25, 0.3) is 0 Å². The smallest absolute Gasteiger partial charge is 0.132 e. The zero-order chi connectivity index (χ0) is 29.9. The lowest BCUT2D eigenvalue weighted by atomic mass is 9.89. The highest BCUT2D eigenvalue weighted by atomic mass is 32.2. The van der Waals surface area contributed by atoms with Crippen LogP contribution in [-0.2, 0) is 9.59 Å². The molecule has 0 N–H and O–H groups in total. The van der Waals surface area contributed by atoms with E-state index in [2.05, 4.69) is 49.6 Å². The molecule has 2 saturated heterocycles. The standard InChI is InChI=1S/C31H42N2O2S6/c1-30(2,32-26(36)18-24-22(28(32)38)12-16-40-24)14-6-10-20(34)8-5-9-21(35)11-7-15-31(3,4)33-27(37)19-25-23(29(33)39)13-17-41-25/h18-19,22-23H,5-17H2,1-4H3. The second-order valence-corrected chi connectivity index (χ2v) is 16.8. The third-order valence-corrected chi connectivity index (χ3v) is 12.5. The van der Waals surface area contributed by atoms with E-state index in [0.29, 0.717) is 43.9 Å². The lowest BCUT2D eigenvalue weighted by Gasteiger charge is -2.44. The molecule has 2 atom stereocenters. The third-order valence-electron chi connectivity index (χ3n) is 8.66. The van der Waals surface area contributed by atoms with Crippen molar-refractivity contribution in [3.8, 4) is 0 Å². The van der Waals surface area contributed by atoms with E-state index in [4.69, 9.17) is 48.9 Å². The zero-order valence-electron chi connectivity index (χ0n) is 24.7. The van der Waals surface area contributed by atoms with Crippen LogP contribution < -0.4 is 0 Å². The number of Topliss-reactive ketones (excluding diaryl/α,β-unsaturated/α-hetero) is 2. The van der Waals surface area contributed by atoms with Crippen molar-refractivity contribution >= 4 is 104 Å². The average molecular weight is 667 g/mol. The van der Waals surface area contributed by atoms with Gasteiger partial charge in [-0.05, 0) is 106 Å². The maximum absolute atomic E-state index is 12.6. The van der Waals surface area contributed by atoms with Crippen molar-refractivity contribution in [1.82, 2.24) is 9.80 Å². The first-order chi connectivity index (χ1) is 19.3. The number of nitrogens with zero attached hydrogens (tertiary/aromatic N) is 2. The van der Waals surface area contributed by atoms with Crippen LogP contribution >= 0.6 is 72.4 Å². The summed E-state index contributed by atoms with van der Waals surface area (Å²) in [5.41, 5.74) is -0.437. The molecule has 4 nitrogen and oxygen atoms in total. The van der Waals surface area contributed by atoms with Crippen LogP contribution in [0.2, 0.25) is 0 Å². The van der Waals surface area contributed by atoms with Crippen molar-refractivity contribution in [3.05, 3.63) is 22.0 Å². The minimum Gasteiger partial charge on any atom is -0.321 e. The van der Waals surface area contributed by atoms with Gasteiger partial charge in [-0.25, -0.2) is 0 Å². The number of thiocarbonyl (C=S) groups is 4. The zero-order valence-corrected chi connectivity index (χ0v) is 29.6. The fourth-order valence-electron chi connectivity index (χ4n) is 6.34. The number of hydrogen-bond acceptors (Lipinski definition) is 8. The van der Waals surface area contributed by atoms with Gasteiger partial charge < -0.3 is 9.80 Å². The topological polar surface area (TPSA) is 40.6 Å². The number of hydrogen-bond donors (Lipinski definition) is 0. The molecule has 4 rings (SSSR count). The van der Waals surface area contributed by atoms with E-state index in [1.165, 1.54) is 9.81 Å². The summed E-state index contributed by atoms with van der Waals surface area (Å²) in [5.74, 6) is 3.31. The summed E-state index contributed by atoms with van der Waals surface area (Å²) in [4.78, 5) is 35.6. The Morgan fingerprint density at radius 1 is 0.707 bits per heavy atom. The molecule has 41 heavy (non-hydrogen) atoms. The summed E-state index contributed by atoms with van der Waals surface area (Å²) < 4.78 is 0. The van der Waals surface area contributed by atoms with Crippen LogP contribution in [0.5, 0.6) is 0 Å². The molecule has 0 bridgehead atoms. The van der Waals surface area contributed by atoms with Crippen LogP contribution in [0.1, 0.15) is 98.3 Å². The van der Waals surface area contributed by atoms with Gasteiger partial charge in [-0.15, -0.1) is 23.5 Å². The highest BCUT2D eigenvalue weighted by Crippen LogP contribution is 2.44. The Labute approximate surface area is 276 Å². The maximum atomic E-state index is 12.6. The molecule has 10 heteroatoms. The van der Waals surface area contributed by atoms with E-state index in [1.54, 1.807) is 0 Å². The molecule has 2 unspecified atom stereocenters. The normalized spacial score (nSPS) is 23.0. The first kappa shape index (κ1) is 33.4. The summed E-state index contributed by atoms with van der Waals surface area (Å²) >= 11 is 26.8. The fourth-order valence-corrected chi connectivity index (χ4v) is 11.3. The molecule has 0 saturated carbocycles. The Morgan fingerprint density at radius 2 is 1.07 bits per heavy atom. The number of rotatable bonds is 14. The van der Waals surface area contributed by atoms with Gasteiger partial charge in [0.2, 0.25) is 0 Å². The van der Waals surface area contributed by atoms with Gasteiger partial charge in [0.05, 0.1) is 9.98 Å². The van der Waals surface area contributed by atoms with Gasteiger partial charge in [0, 0.05) is 48.6 Å². The molecule has 224 valence electrons. The lowest BCUT2D eigenvalue weighted by molar-refractivity contribution is -0.120. The number of ketones is 2. The first-order valence-corrected chi connectivity index (χ1v) is 18.4. The lowest BCUT2D eigenvalue weighted by Crippen LogP contribution is -2.53. The number of thioether (sulfide) groups is 2. The predicted octanol–water partition coefficient (Wildman–Crippen LogP) is 8.41. The molecule has 0 amide bonds. The van der Waals surface area contributed by atoms with Gasteiger partial charge in [-0.3, -0.25) is 9.59 Å². The van der Waals surface area contributed by atoms with Gasteiger partial charge in [-0.2, -0.15) is 0 Å². The van der Waals surface area contributed by atoms with Crippen molar-refractivity contribution < 1.29 is 9.59 Å². The molecule has 2 fully saturated rings. The summed E-state index contributed by atoms with van der Waals surface area (Å²) in [6.45, 7) is 8.69. The largest absolute Gasteiger partial charge is 0.321 e. The Kier molecular flexibility index (Phi) is 11.4. The Hall–Kier alpha value is -0.520. The van der Waals surface area contributed by atoms with E-state index in [0.717, 1.165) is 70.0 Å². The van der Waals surface area contributed by atoms with Crippen molar-refractivity contribution in [2.24, 2.45) is 11.8 Å². The summed E-state index contributed by atoms with van der Waals surface area (Å²) in [6.07, 6.45) is 12.3. The SMILES string of the molecule is CC(C)(CCCC(=O)CCCC(=O)CCCC(C)(C)N1C(=S)C=C2SCCC2C1=S)N1C(=S)C=C2SCCC2C1=S. The van der Waals surface area contributed by atoms with E-state index in [-0.39, 0.29) is 22.6 Å². The highest BCUT2D eigenvalue weighted by Gasteiger charge is 2.41. The molecule has 0 aromatic rings. The molecular weight excluding hydrogens is 625 g/mol. The quantitative estimate of drug-likeness (QED) is 0.169. The summed E-state index contributed by atoms with van der Waals surface area (Å²) in [6, 6.07) is 0. The Balaban J connectivity index is 1.13. The number of carbonyl (C=O) groups excluding carboxylic acids is 2. The minimum atomic E-state index is -0.218. The second-order valence-electron chi connectivity index (χ2n) is 12.8. The molecule has 0 aromatic heterocycles. The van der Waals surface area contributed by atoms with Crippen molar-refractivity contribution in [3.63, 3.8) is 0 Å². The average Bonchev–Trinajstić information content (AvgIpc) is 3.53. The maximum Gasteiger partial charge on any atom is 0.132 e. The molecule has 0 spiro atoms.